The number of rotatable bonds is 3. The predicted molar refractivity (Wildman–Crippen MR) is 87.2 cm³/mol. The van der Waals surface area contributed by atoms with E-state index in [9.17, 15) is 9.50 Å². The number of phenols is 1. The quantitative estimate of drug-likeness (QED) is 0.890. The Kier molecular flexibility index (Phi) is 6.72. The van der Waals surface area contributed by atoms with E-state index in [1.54, 1.807) is 13.0 Å². The van der Waals surface area contributed by atoms with Crippen molar-refractivity contribution in [3.05, 3.63) is 29.1 Å². The Morgan fingerprint density at radius 2 is 1.86 bits per heavy atom. The molecule has 1 aromatic carbocycles. The van der Waals surface area contributed by atoms with Crippen molar-refractivity contribution >= 4 is 24.8 Å². The van der Waals surface area contributed by atoms with Crippen LogP contribution in [-0.4, -0.2) is 36.2 Å². The molecule has 3 rings (SSSR count). The molecule has 1 heterocycles. The van der Waals surface area contributed by atoms with Crippen molar-refractivity contribution in [2.75, 3.05) is 26.2 Å². The third-order valence-electron chi connectivity index (χ3n) is 4.27. The zero-order valence-corrected chi connectivity index (χ0v) is 13.8. The normalized spacial score (nSPS) is 20.3. The molecule has 1 aliphatic heterocycles. The molecule has 6 heteroatoms. The van der Waals surface area contributed by atoms with Gasteiger partial charge in [-0.1, -0.05) is 12.1 Å². The molecule has 0 aromatic heterocycles. The van der Waals surface area contributed by atoms with Crippen LogP contribution in [0.3, 0.4) is 0 Å². The third kappa shape index (κ3) is 3.81. The summed E-state index contributed by atoms with van der Waals surface area (Å²) in [6.07, 6.45) is 2.37. The van der Waals surface area contributed by atoms with Crippen LogP contribution in [-0.2, 0) is 0 Å². The molecule has 1 atom stereocenters. The highest BCUT2D eigenvalue weighted by Crippen LogP contribution is 2.47. The monoisotopic (exact) mass is 336 g/mol. The van der Waals surface area contributed by atoms with Crippen molar-refractivity contribution in [3.63, 3.8) is 0 Å². The maximum atomic E-state index is 13.9. The van der Waals surface area contributed by atoms with E-state index in [-0.39, 0.29) is 36.6 Å². The fourth-order valence-corrected chi connectivity index (χ4v) is 3.04. The van der Waals surface area contributed by atoms with Crippen molar-refractivity contribution in [1.82, 2.24) is 10.2 Å². The molecule has 1 aliphatic carbocycles. The molecule has 1 saturated carbocycles. The minimum Gasteiger partial charge on any atom is -0.505 e. The molecule has 21 heavy (non-hydrogen) atoms. The summed E-state index contributed by atoms with van der Waals surface area (Å²) < 4.78 is 13.9. The van der Waals surface area contributed by atoms with Gasteiger partial charge in [0, 0.05) is 37.8 Å². The van der Waals surface area contributed by atoms with Gasteiger partial charge in [0.1, 0.15) is 0 Å². The molecule has 0 spiro atoms. The topological polar surface area (TPSA) is 35.5 Å². The molecule has 0 radical (unpaired) electrons. The number of aromatic hydroxyl groups is 1. The van der Waals surface area contributed by atoms with Gasteiger partial charge in [-0.15, -0.1) is 24.8 Å². The maximum Gasteiger partial charge on any atom is 0.168 e. The van der Waals surface area contributed by atoms with Gasteiger partial charge in [0.25, 0.3) is 0 Å². The van der Waals surface area contributed by atoms with Gasteiger partial charge in [-0.05, 0) is 31.2 Å². The second-order valence-electron chi connectivity index (χ2n) is 5.70. The molecule has 2 N–H and O–H groups in total. The summed E-state index contributed by atoms with van der Waals surface area (Å²) in [4.78, 5) is 2.39. The van der Waals surface area contributed by atoms with Gasteiger partial charge in [0.15, 0.2) is 11.6 Å². The largest absolute Gasteiger partial charge is 0.505 e. The van der Waals surface area contributed by atoms with E-state index in [1.807, 2.05) is 6.07 Å². The van der Waals surface area contributed by atoms with E-state index < -0.39 is 5.82 Å². The summed E-state index contributed by atoms with van der Waals surface area (Å²) >= 11 is 0. The molecule has 0 unspecified atom stereocenters. The van der Waals surface area contributed by atoms with Gasteiger partial charge >= 0.3 is 0 Å². The first-order valence-corrected chi connectivity index (χ1v) is 7.11. The minimum atomic E-state index is -0.460. The van der Waals surface area contributed by atoms with E-state index in [0.717, 1.165) is 31.7 Å². The Morgan fingerprint density at radius 3 is 2.43 bits per heavy atom. The van der Waals surface area contributed by atoms with E-state index in [4.69, 9.17) is 0 Å². The van der Waals surface area contributed by atoms with E-state index >= 15 is 0 Å². The van der Waals surface area contributed by atoms with Crippen LogP contribution in [0.1, 0.15) is 30.0 Å². The van der Waals surface area contributed by atoms with Crippen LogP contribution in [0, 0.1) is 18.7 Å². The maximum absolute atomic E-state index is 13.9. The summed E-state index contributed by atoms with van der Waals surface area (Å²) in [7, 11) is 0. The average molecular weight is 337 g/mol. The molecule has 120 valence electrons. The van der Waals surface area contributed by atoms with Crippen LogP contribution in [0.15, 0.2) is 12.1 Å². The molecule has 3 nitrogen and oxygen atoms in total. The molecular formula is C15H23Cl2FN2O. The van der Waals surface area contributed by atoms with E-state index in [0.29, 0.717) is 11.5 Å². The van der Waals surface area contributed by atoms with Crippen LogP contribution >= 0.6 is 24.8 Å². The molecule has 2 fully saturated rings. The molecular weight excluding hydrogens is 314 g/mol. The smallest absolute Gasteiger partial charge is 0.168 e. The number of aryl methyl sites for hydroxylation is 1. The number of nitrogens with one attached hydrogen (secondary N) is 1. The molecule has 1 aromatic rings. The van der Waals surface area contributed by atoms with Crippen molar-refractivity contribution < 1.29 is 9.50 Å². The third-order valence-corrected chi connectivity index (χ3v) is 4.27. The van der Waals surface area contributed by atoms with Gasteiger partial charge in [-0.25, -0.2) is 4.39 Å². The Morgan fingerprint density at radius 1 is 1.24 bits per heavy atom. The van der Waals surface area contributed by atoms with Gasteiger partial charge in [-0.3, -0.25) is 4.90 Å². The van der Waals surface area contributed by atoms with Crippen LogP contribution in [0.5, 0.6) is 5.75 Å². The first-order chi connectivity index (χ1) is 9.18. The number of hydrogen-bond acceptors (Lipinski definition) is 3. The molecule has 1 saturated heterocycles. The lowest BCUT2D eigenvalue weighted by atomic mass is 9.97. The Bertz CT molecular complexity index is 477. The number of benzene rings is 1. The van der Waals surface area contributed by atoms with Crippen molar-refractivity contribution in [3.8, 4) is 5.75 Å². The molecule has 0 bridgehead atoms. The van der Waals surface area contributed by atoms with E-state index in [1.165, 1.54) is 12.8 Å². The summed E-state index contributed by atoms with van der Waals surface area (Å²) in [5.74, 6) is -0.0279. The number of nitrogens with zero attached hydrogens (tertiary/aromatic N) is 1. The SMILES string of the molecule is Cc1ccc([C@H](C2CC2)N2CCNCC2)c(O)c1F.Cl.Cl. The van der Waals surface area contributed by atoms with Crippen LogP contribution in [0.4, 0.5) is 4.39 Å². The van der Waals surface area contributed by atoms with Crippen LogP contribution in [0.25, 0.3) is 0 Å². The number of piperazine rings is 1. The van der Waals surface area contributed by atoms with Gasteiger partial charge in [0.05, 0.1) is 0 Å². The summed E-state index contributed by atoms with van der Waals surface area (Å²) in [6, 6.07) is 3.86. The van der Waals surface area contributed by atoms with Crippen LogP contribution in [0.2, 0.25) is 0 Å². The summed E-state index contributed by atoms with van der Waals surface area (Å²) in [6.45, 7) is 5.57. The fourth-order valence-electron chi connectivity index (χ4n) is 3.04. The summed E-state index contributed by atoms with van der Waals surface area (Å²) in [5.41, 5.74) is 1.28. The van der Waals surface area contributed by atoms with E-state index in [2.05, 4.69) is 10.2 Å². The molecule has 2 aliphatic rings. The first-order valence-electron chi connectivity index (χ1n) is 7.11. The lowest BCUT2D eigenvalue weighted by molar-refractivity contribution is 0.153. The van der Waals surface area contributed by atoms with Gasteiger partial charge in [0.2, 0.25) is 0 Å². The highest BCUT2D eigenvalue weighted by atomic mass is 35.5. The second kappa shape index (κ2) is 7.63. The lowest BCUT2D eigenvalue weighted by Gasteiger charge is -2.35. The second-order valence-corrected chi connectivity index (χ2v) is 5.70. The van der Waals surface area contributed by atoms with Crippen molar-refractivity contribution in [2.45, 2.75) is 25.8 Å². The van der Waals surface area contributed by atoms with Gasteiger partial charge < -0.3 is 10.4 Å². The first kappa shape index (κ1) is 18.5. The minimum absolute atomic E-state index is 0. The van der Waals surface area contributed by atoms with Gasteiger partial charge in [-0.2, -0.15) is 0 Å². The zero-order valence-electron chi connectivity index (χ0n) is 12.1. The highest BCUT2D eigenvalue weighted by Gasteiger charge is 2.38. The summed E-state index contributed by atoms with van der Waals surface area (Å²) in [5, 5.41) is 13.5. The highest BCUT2D eigenvalue weighted by molar-refractivity contribution is 5.85. The van der Waals surface area contributed by atoms with Crippen LogP contribution < -0.4 is 5.32 Å². The number of hydrogen-bond donors (Lipinski definition) is 2. The standard InChI is InChI=1S/C15H21FN2O.2ClH/c1-10-2-5-12(15(19)13(10)16)14(11-3-4-11)18-8-6-17-7-9-18;;/h2,5,11,14,17,19H,3-4,6-9H2,1H3;2*1H/t14-;;/m0../s1. The van der Waals surface area contributed by atoms with Crippen molar-refractivity contribution in [2.24, 2.45) is 5.92 Å². The molecule has 0 amide bonds. The fraction of sp³-hybridized carbons (Fsp3) is 0.600. The number of phenolic OH excluding ortho intramolecular Hbond substituents is 1. The number of halogens is 3. The lowest BCUT2D eigenvalue weighted by Crippen LogP contribution is -2.45. The average Bonchev–Trinajstić information content (AvgIpc) is 3.25. The zero-order chi connectivity index (χ0) is 13.4. The predicted octanol–water partition coefficient (Wildman–Crippen LogP) is 3.04. The Balaban J connectivity index is 0.00000110. The van der Waals surface area contributed by atoms with Crippen molar-refractivity contribution in [1.29, 1.82) is 0 Å². The Hall–Kier alpha value is -0.550. The Labute approximate surface area is 137 Å².